The maximum Gasteiger partial charge on any atom is 0.252 e. The second-order valence-corrected chi connectivity index (χ2v) is 6.44. The molecule has 1 amide bonds. The third kappa shape index (κ3) is 3.47. The van der Waals surface area contributed by atoms with Crippen LogP contribution in [0.1, 0.15) is 44.3 Å². The van der Waals surface area contributed by atoms with E-state index in [1.807, 2.05) is 42.5 Å². The average Bonchev–Trinajstić information content (AvgIpc) is 2.74. The van der Waals surface area contributed by atoms with Crippen molar-refractivity contribution in [2.24, 2.45) is 0 Å². The van der Waals surface area contributed by atoms with Crippen molar-refractivity contribution in [3.05, 3.63) is 101 Å². The number of carbonyl (C=O) groups excluding carboxylic acids is 2. The highest BCUT2D eigenvalue weighted by Gasteiger charge is 2.25. The molecule has 3 aromatic carbocycles. The number of carbonyl (C=O) groups is 2. The first-order valence-electron chi connectivity index (χ1n) is 8.95. The van der Waals surface area contributed by atoms with Gasteiger partial charge in [0.1, 0.15) is 5.75 Å². The molecular formula is C23H19NO3. The van der Waals surface area contributed by atoms with E-state index in [1.54, 1.807) is 36.4 Å². The number of ether oxygens (including phenoxy) is 1. The number of hydrogen-bond donors (Lipinski definition) is 1. The Morgan fingerprint density at radius 3 is 2.30 bits per heavy atom. The predicted octanol–water partition coefficient (Wildman–Crippen LogP) is 4.17. The summed E-state index contributed by atoms with van der Waals surface area (Å²) in [6.45, 7) is 0.548. The van der Waals surface area contributed by atoms with Gasteiger partial charge in [0, 0.05) is 23.1 Å². The van der Waals surface area contributed by atoms with Crippen LogP contribution in [0.2, 0.25) is 0 Å². The third-order valence-electron chi connectivity index (χ3n) is 4.72. The minimum Gasteiger partial charge on any atom is -0.493 e. The van der Waals surface area contributed by atoms with Crippen molar-refractivity contribution in [2.75, 3.05) is 6.61 Å². The normalized spacial score (nSPS) is 15.3. The molecule has 1 atom stereocenters. The molecule has 0 bridgehead atoms. The van der Waals surface area contributed by atoms with Gasteiger partial charge in [0.25, 0.3) is 5.91 Å². The molecule has 4 nitrogen and oxygen atoms in total. The van der Waals surface area contributed by atoms with Gasteiger partial charge in [-0.1, -0.05) is 66.7 Å². The van der Waals surface area contributed by atoms with Gasteiger partial charge in [0.2, 0.25) is 0 Å². The number of para-hydroxylation sites is 1. The fourth-order valence-corrected chi connectivity index (χ4v) is 3.35. The highest BCUT2D eigenvalue weighted by atomic mass is 16.5. The standard InChI is InChI=1S/C23H19NO3/c25-22(16-8-2-1-3-9-16)17-10-4-5-11-18(17)23(26)24-20-14-15-27-21-13-7-6-12-19(20)21/h1-13,20H,14-15H2,(H,24,26). The van der Waals surface area contributed by atoms with Gasteiger partial charge in [0.15, 0.2) is 5.78 Å². The molecule has 1 aliphatic rings. The van der Waals surface area contributed by atoms with Gasteiger partial charge >= 0.3 is 0 Å². The van der Waals surface area contributed by atoms with Crippen molar-refractivity contribution in [3.8, 4) is 5.75 Å². The molecule has 4 heteroatoms. The van der Waals surface area contributed by atoms with Crippen LogP contribution < -0.4 is 10.1 Å². The van der Waals surface area contributed by atoms with E-state index >= 15 is 0 Å². The molecule has 1 N–H and O–H groups in total. The zero-order chi connectivity index (χ0) is 18.6. The monoisotopic (exact) mass is 357 g/mol. The van der Waals surface area contributed by atoms with Crippen LogP contribution in [0.25, 0.3) is 0 Å². The van der Waals surface area contributed by atoms with Crippen molar-refractivity contribution in [1.29, 1.82) is 0 Å². The molecule has 0 fully saturated rings. The zero-order valence-corrected chi connectivity index (χ0v) is 14.7. The quantitative estimate of drug-likeness (QED) is 0.713. The zero-order valence-electron chi connectivity index (χ0n) is 14.7. The number of rotatable bonds is 4. The summed E-state index contributed by atoms with van der Waals surface area (Å²) in [6, 6.07) is 23.5. The molecule has 1 unspecified atom stereocenters. The molecule has 0 aliphatic carbocycles. The van der Waals surface area contributed by atoms with Gasteiger partial charge in [-0.3, -0.25) is 9.59 Å². The van der Waals surface area contributed by atoms with E-state index in [9.17, 15) is 9.59 Å². The summed E-state index contributed by atoms with van der Waals surface area (Å²) in [5.74, 6) is 0.382. The molecule has 0 saturated heterocycles. The summed E-state index contributed by atoms with van der Waals surface area (Å²) >= 11 is 0. The first kappa shape index (κ1) is 17.0. The molecule has 0 spiro atoms. The Balaban J connectivity index is 1.62. The number of nitrogens with one attached hydrogen (secondary N) is 1. The lowest BCUT2D eigenvalue weighted by atomic mass is 9.96. The number of benzene rings is 3. The van der Waals surface area contributed by atoms with Gasteiger partial charge in [-0.2, -0.15) is 0 Å². The van der Waals surface area contributed by atoms with E-state index in [-0.39, 0.29) is 17.7 Å². The van der Waals surface area contributed by atoms with E-state index in [0.717, 1.165) is 11.3 Å². The number of hydrogen-bond acceptors (Lipinski definition) is 3. The van der Waals surface area contributed by atoms with Gasteiger partial charge < -0.3 is 10.1 Å². The molecule has 0 radical (unpaired) electrons. The van der Waals surface area contributed by atoms with E-state index in [1.165, 1.54) is 0 Å². The lowest BCUT2D eigenvalue weighted by Gasteiger charge is -2.26. The van der Waals surface area contributed by atoms with E-state index in [2.05, 4.69) is 5.32 Å². The van der Waals surface area contributed by atoms with Crippen molar-refractivity contribution < 1.29 is 14.3 Å². The maximum absolute atomic E-state index is 13.0. The highest BCUT2D eigenvalue weighted by Crippen LogP contribution is 2.31. The highest BCUT2D eigenvalue weighted by molar-refractivity contribution is 6.15. The minimum atomic E-state index is -0.253. The summed E-state index contributed by atoms with van der Waals surface area (Å²) in [7, 11) is 0. The van der Waals surface area contributed by atoms with Crippen molar-refractivity contribution in [3.63, 3.8) is 0 Å². The van der Waals surface area contributed by atoms with Crippen LogP contribution in [-0.4, -0.2) is 18.3 Å². The maximum atomic E-state index is 13.0. The average molecular weight is 357 g/mol. The molecule has 27 heavy (non-hydrogen) atoms. The molecular weight excluding hydrogens is 338 g/mol. The Kier molecular flexibility index (Phi) is 4.71. The lowest BCUT2D eigenvalue weighted by Crippen LogP contribution is -2.33. The van der Waals surface area contributed by atoms with Crippen LogP contribution in [0.15, 0.2) is 78.9 Å². The topological polar surface area (TPSA) is 55.4 Å². The van der Waals surface area contributed by atoms with Crippen molar-refractivity contribution in [1.82, 2.24) is 5.32 Å². The van der Waals surface area contributed by atoms with Gasteiger partial charge in [0.05, 0.1) is 18.2 Å². The van der Waals surface area contributed by atoms with Gasteiger partial charge in [-0.15, -0.1) is 0 Å². The lowest BCUT2D eigenvalue weighted by molar-refractivity contribution is 0.0915. The fraction of sp³-hybridized carbons (Fsp3) is 0.130. The van der Waals surface area contributed by atoms with Crippen LogP contribution in [-0.2, 0) is 0 Å². The van der Waals surface area contributed by atoms with Gasteiger partial charge in [-0.05, 0) is 12.1 Å². The molecule has 0 saturated carbocycles. The summed E-state index contributed by atoms with van der Waals surface area (Å²) in [6.07, 6.45) is 0.692. The van der Waals surface area contributed by atoms with Crippen LogP contribution in [0, 0.1) is 0 Å². The fourth-order valence-electron chi connectivity index (χ4n) is 3.35. The van der Waals surface area contributed by atoms with Crippen LogP contribution in [0.5, 0.6) is 5.75 Å². The SMILES string of the molecule is O=C(NC1CCOc2ccccc21)c1ccccc1C(=O)c1ccccc1. The molecule has 1 heterocycles. The Morgan fingerprint density at radius 1 is 0.815 bits per heavy atom. The Hall–Kier alpha value is -3.40. The number of ketones is 1. The van der Waals surface area contributed by atoms with E-state index in [0.29, 0.717) is 29.7 Å². The molecule has 1 aliphatic heterocycles. The third-order valence-corrected chi connectivity index (χ3v) is 4.72. The molecule has 3 aromatic rings. The second kappa shape index (κ2) is 7.46. The number of amides is 1. The van der Waals surface area contributed by atoms with Crippen LogP contribution in [0.3, 0.4) is 0 Å². The molecule has 4 rings (SSSR count). The molecule has 0 aromatic heterocycles. The summed E-state index contributed by atoms with van der Waals surface area (Å²) in [5, 5.41) is 3.07. The van der Waals surface area contributed by atoms with E-state index < -0.39 is 0 Å². The summed E-state index contributed by atoms with van der Waals surface area (Å²) in [4.78, 5) is 25.8. The van der Waals surface area contributed by atoms with E-state index in [4.69, 9.17) is 4.74 Å². The minimum absolute atomic E-state index is 0.137. The summed E-state index contributed by atoms with van der Waals surface area (Å²) < 4.78 is 5.66. The second-order valence-electron chi connectivity index (χ2n) is 6.44. The Morgan fingerprint density at radius 2 is 1.48 bits per heavy atom. The first-order chi connectivity index (χ1) is 13.2. The summed E-state index contributed by atoms with van der Waals surface area (Å²) in [5.41, 5.74) is 2.31. The smallest absolute Gasteiger partial charge is 0.252 e. The first-order valence-corrected chi connectivity index (χ1v) is 8.95. The van der Waals surface area contributed by atoms with Crippen molar-refractivity contribution >= 4 is 11.7 Å². The van der Waals surface area contributed by atoms with Gasteiger partial charge in [-0.25, -0.2) is 0 Å². The Labute approximate surface area is 157 Å². The molecule has 134 valence electrons. The van der Waals surface area contributed by atoms with Crippen LogP contribution in [0.4, 0.5) is 0 Å². The number of fused-ring (bicyclic) bond motifs is 1. The predicted molar refractivity (Wildman–Crippen MR) is 103 cm³/mol. The van der Waals surface area contributed by atoms with Crippen LogP contribution >= 0.6 is 0 Å². The largest absolute Gasteiger partial charge is 0.493 e. The van der Waals surface area contributed by atoms with Crippen molar-refractivity contribution in [2.45, 2.75) is 12.5 Å². The Bertz CT molecular complexity index is 982.